The molecule has 1 amide bonds. The lowest BCUT2D eigenvalue weighted by Gasteiger charge is -2.26. The topological polar surface area (TPSA) is 81.7 Å². The van der Waals surface area contributed by atoms with Crippen LogP contribution in [0.25, 0.3) is 0 Å². The summed E-state index contributed by atoms with van der Waals surface area (Å²) in [5, 5.41) is -0.609. The lowest BCUT2D eigenvalue weighted by molar-refractivity contribution is -0.118. The van der Waals surface area contributed by atoms with Gasteiger partial charge in [-0.05, 0) is 26.0 Å². The summed E-state index contributed by atoms with van der Waals surface area (Å²) in [5.74, 6) is -0.276. The molecule has 1 aromatic carbocycles. The Bertz CT molecular complexity index is 640. The van der Waals surface area contributed by atoms with Crippen LogP contribution >= 0.6 is 0 Å². The summed E-state index contributed by atoms with van der Waals surface area (Å²) in [6, 6.07) is 8.69. The molecule has 0 saturated carbocycles. The number of hydrogen-bond acceptors (Lipinski definition) is 5. The number of rotatable bonds is 5. The van der Waals surface area contributed by atoms with Crippen molar-refractivity contribution in [3.05, 3.63) is 30.3 Å². The van der Waals surface area contributed by atoms with Gasteiger partial charge in [0.25, 0.3) is 0 Å². The summed E-state index contributed by atoms with van der Waals surface area (Å²) in [5.41, 5.74) is 6.59. The lowest BCUT2D eigenvalue weighted by Crippen LogP contribution is -2.48. The number of hydrogen-bond donors (Lipinski definition) is 2. The highest BCUT2D eigenvalue weighted by Gasteiger charge is 2.42. The third kappa shape index (κ3) is 3.72. The van der Waals surface area contributed by atoms with Gasteiger partial charge in [-0.15, -0.1) is 0 Å². The number of carbonyl (C=O) groups excluding carboxylic acids is 1. The molecule has 2 unspecified atom stereocenters. The van der Waals surface area contributed by atoms with E-state index in [4.69, 9.17) is 0 Å². The van der Waals surface area contributed by atoms with E-state index < -0.39 is 15.3 Å². The van der Waals surface area contributed by atoms with Crippen LogP contribution in [-0.4, -0.2) is 56.6 Å². The number of likely N-dealkylation sites (N-methyl/N-ethyl adjacent to an activating group) is 2. The van der Waals surface area contributed by atoms with Gasteiger partial charge in [0, 0.05) is 31.9 Å². The van der Waals surface area contributed by atoms with Crippen LogP contribution in [0.5, 0.6) is 0 Å². The molecule has 1 saturated heterocycles. The standard InChI is InChI=1S/C15H24N4O3S/c1-11-15(12(2)17-16-11)23(21,22)18(3)10-14(20)19(4)13-8-6-5-7-9-13/h5-9,11-12,15-17H,10H2,1-4H3. The molecule has 2 atom stereocenters. The minimum absolute atomic E-state index is 0.191. The molecule has 1 heterocycles. The smallest absolute Gasteiger partial charge is 0.242 e. The van der Waals surface area contributed by atoms with Gasteiger partial charge in [-0.1, -0.05) is 18.2 Å². The monoisotopic (exact) mass is 340 g/mol. The normalized spacial score (nSPS) is 24.8. The van der Waals surface area contributed by atoms with E-state index in [1.165, 1.54) is 11.9 Å². The summed E-state index contributed by atoms with van der Waals surface area (Å²) in [6.45, 7) is 3.43. The van der Waals surface area contributed by atoms with Crippen LogP contribution in [0.1, 0.15) is 13.8 Å². The van der Waals surface area contributed by atoms with Crippen LogP contribution in [0.15, 0.2) is 30.3 Å². The molecular formula is C15H24N4O3S. The van der Waals surface area contributed by atoms with Crippen molar-refractivity contribution < 1.29 is 13.2 Å². The molecule has 8 heteroatoms. The molecule has 7 nitrogen and oxygen atoms in total. The van der Waals surface area contributed by atoms with Gasteiger partial charge in [0.15, 0.2) is 0 Å². The van der Waals surface area contributed by atoms with E-state index >= 15 is 0 Å². The predicted molar refractivity (Wildman–Crippen MR) is 90.4 cm³/mol. The first-order chi connectivity index (χ1) is 10.7. The number of anilines is 1. The fourth-order valence-corrected chi connectivity index (χ4v) is 4.64. The molecule has 0 bridgehead atoms. The first kappa shape index (κ1) is 17.9. The SMILES string of the molecule is CC1NNC(C)C1S(=O)(=O)N(C)CC(=O)N(C)c1ccccc1. The van der Waals surface area contributed by atoms with E-state index in [2.05, 4.69) is 10.9 Å². The van der Waals surface area contributed by atoms with Crippen LogP contribution in [0.3, 0.4) is 0 Å². The van der Waals surface area contributed by atoms with Crippen molar-refractivity contribution in [2.75, 3.05) is 25.5 Å². The fraction of sp³-hybridized carbons (Fsp3) is 0.533. The molecule has 1 aliphatic rings. The zero-order chi connectivity index (χ0) is 17.2. The molecule has 23 heavy (non-hydrogen) atoms. The fourth-order valence-electron chi connectivity index (χ4n) is 2.77. The minimum Gasteiger partial charge on any atom is -0.314 e. The Balaban J connectivity index is 2.09. The second-order valence-corrected chi connectivity index (χ2v) is 8.12. The van der Waals surface area contributed by atoms with E-state index in [-0.39, 0.29) is 24.5 Å². The Labute approximate surface area is 137 Å². The highest BCUT2D eigenvalue weighted by Crippen LogP contribution is 2.19. The van der Waals surface area contributed by atoms with Gasteiger partial charge >= 0.3 is 0 Å². The number of carbonyl (C=O) groups is 1. The highest BCUT2D eigenvalue weighted by atomic mass is 32.2. The van der Waals surface area contributed by atoms with Crippen molar-refractivity contribution in [1.29, 1.82) is 0 Å². The summed E-state index contributed by atoms with van der Waals surface area (Å²) in [6.07, 6.45) is 0. The second-order valence-electron chi connectivity index (χ2n) is 5.92. The van der Waals surface area contributed by atoms with E-state index in [9.17, 15) is 13.2 Å². The molecule has 1 fully saturated rings. The number of nitrogens with zero attached hydrogens (tertiary/aromatic N) is 2. The maximum absolute atomic E-state index is 12.7. The molecule has 2 rings (SSSR count). The molecule has 0 radical (unpaired) electrons. The van der Waals surface area contributed by atoms with Crippen molar-refractivity contribution >= 4 is 21.6 Å². The lowest BCUT2D eigenvalue weighted by atomic mass is 10.2. The Kier molecular flexibility index (Phi) is 5.41. The summed E-state index contributed by atoms with van der Waals surface area (Å²) < 4.78 is 26.6. The van der Waals surface area contributed by atoms with E-state index in [1.807, 2.05) is 32.0 Å². The van der Waals surface area contributed by atoms with Crippen LogP contribution in [0.4, 0.5) is 5.69 Å². The summed E-state index contributed by atoms with van der Waals surface area (Å²) in [4.78, 5) is 13.8. The molecule has 128 valence electrons. The molecule has 0 aliphatic carbocycles. The number of amides is 1. The van der Waals surface area contributed by atoms with Crippen molar-refractivity contribution in [2.45, 2.75) is 31.2 Å². The Hall–Kier alpha value is -1.48. The van der Waals surface area contributed by atoms with Gasteiger partial charge in [-0.25, -0.2) is 8.42 Å². The quantitative estimate of drug-likeness (QED) is 0.798. The van der Waals surface area contributed by atoms with Crippen molar-refractivity contribution in [3.8, 4) is 0 Å². The Morgan fingerprint density at radius 1 is 1.09 bits per heavy atom. The first-order valence-corrected chi connectivity index (χ1v) is 9.03. The van der Waals surface area contributed by atoms with Gasteiger partial charge in [0.2, 0.25) is 15.9 Å². The predicted octanol–water partition coefficient (Wildman–Crippen LogP) is 0.164. The zero-order valence-electron chi connectivity index (χ0n) is 13.9. The second kappa shape index (κ2) is 6.96. The van der Waals surface area contributed by atoms with Crippen LogP contribution in [0, 0.1) is 0 Å². The van der Waals surface area contributed by atoms with Gasteiger partial charge in [0.05, 0.1) is 6.54 Å². The summed E-state index contributed by atoms with van der Waals surface area (Å²) in [7, 11) is -0.498. The minimum atomic E-state index is -3.59. The Morgan fingerprint density at radius 3 is 2.13 bits per heavy atom. The molecule has 1 aromatic rings. The third-order valence-corrected chi connectivity index (χ3v) is 6.68. The maximum Gasteiger partial charge on any atom is 0.242 e. The maximum atomic E-state index is 12.7. The molecule has 2 N–H and O–H groups in total. The van der Waals surface area contributed by atoms with E-state index in [0.29, 0.717) is 0 Å². The highest BCUT2D eigenvalue weighted by molar-refractivity contribution is 7.89. The number of hydrazine groups is 1. The number of nitrogens with one attached hydrogen (secondary N) is 2. The van der Waals surface area contributed by atoms with Crippen molar-refractivity contribution in [2.24, 2.45) is 0 Å². The Morgan fingerprint density at radius 2 is 1.61 bits per heavy atom. The number of benzene rings is 1. The van der Waals surface area contributed by atoms with Crippen LogP contribution in [0.2, 0.25) is 0 Å². The zero-order valence-corrected chi connectivity index (χ0v) is 14.7. The molecule has 1 aliphatic heterocycles. The number of para-hydroxylation sites is 1. The van der Waals surface area contributed by atoms with Crippen molar-refractivity contribution in [1.82, 2.24) is 15.2 Å². The molecule has 0 aromatic heterocycles. The van der Waals surface area contributed by atoms with Gasteiger partial charge < -0.3 is 4.90 Å². The van der Waals surface area contributed by atoms with Gasteiger partial charge in [-0.2, -0.15) is 4.31 Å². The largest absolute Gasteiger partial charge is 0.314 e. The molecular weight excluding hydrogens is 316 g/mol. The average molecular weight is 340 g/mol. The number of sulfonamides is 1. The first-order valence-electron chi connectivity index (χ1n) is 7.53. The summed E-state index contributed by atoms with van der Waals surface area (Å²) >= 11 is 0. The van der Waals surface area contributed by atoms with Gasteiger partial charge in [0.1, 0.15) is 5.25 Å². The van der Waals surface area contributed by atoms with Crippen molar-refractivity contribution in [3.63, 3.8) is 0 Å². The molecule has 0 spiro atoms. The average Bonchev–Trinajstić information content (AvgIpc) is 2.86. The van der Waals surface area contributed by atoms with E-state index in [0.717, 1.165) is 9.99 Å². The van der Waals surface area contributed by atoms with Crippen LogP contribution in [-0.2, 0) is 14.8 Å². The third-order valence-electron chi connectivity index (χ3n) is 4.18. The van der Waals surface area contributed by atoms with Crippen LogP contribution < -0.4 is 15.8 Å². The van der Waals surface area contributed by atoms with Gasteiger partial charge in [-0.3, -0.25) is 15.6 Å². The van der Waals surface area contributed by atoms with E-state index in [1.54, 1.807) is 19.2 Å².